The standard InChI is InChI=1S/C28H37N3O3/c1-3-5-8-15-31-16-13-21(14-17-31)24-20-29-25-12-11-22(19-23(24)25)30-28(32)34-27-10-7-6-9-26(27)33-18-4-2/h6-7,9-12,19-21,29H,3-5,8,13-18H2,1-2H3,(H,30,32). The summed E-state index contributed by atoms with van der Waals surface area (Å²) in [7, 11) is 0. The number of aromatic amines is 1. The summed E-state index contributed by atoms with van der Waals surface area (Å²) in [5, 5.41) is 4.06. The second-order valence-corrected chi connectivity index (χ2v) is 9.14. The van der Waals surface area contributed by atoms with Crippen molar-refractivity contribution >= 4 is 22.7 Å². The summed E-state index contributed by atoms with van der Waals surface area (Å²) < 4.78 is 11.2. The summed E-state index contributed by atoms with van der Waals surface area (Å²) in [5.74, 6) is 1.53. The number of nitrogens with one attached hydrogen (secondary N) is 2. The number of hydrogen-bond donors (Lipinski definition) is 2. The fraction of sp³-hybridized carbons (Fsp3) is 0.464. The molecule has 1 aliphatic heterocycles. The van der Waals surface area contributed by atoms with Gasteiger partial charge in [0.25, 0.3) is 0 Å². The fourth-order valence-corrected chi connectivity index (χ4v) is 4.72. The molecule has 1 amide bonds. The van der Waals surface area contributed by atoms with Gasteiger partial charge in [-0.15, -0.1) is 0 Å². The Kier molecular flexibility index (Phi) is 8.47. The monoisotopic (exact) mass is 463 g/mol. The molecule has 1 aliphatic rings. The van der Waals surface area contributed by atoms with Crippen molar-refractivity contribution in [3.63, 3.8) is 0 Å². The van der Waals surface area contributed by atoms with E-state index in [-0.39, 0.29) is 0 Å². The van der Waals surface area contributed by atoms with E-state index in [1.807, 2.05) is 37.3 Å². The highest BCUT2D eigenvalue weighted by Gasteiger charge is 2.23. The van der Waals surface area contributed by atoms with E-state index in [9.17, 15) is 4.79 Å². The topological polar surface area (TPSA) is 66.6 Å². The second kappa shape index (κ2) is 11.9. The fourth-order valence-electron chi connectivity index (χ4n) is 4.72. The summed E-state index contributed by atoms with van der Waals surface area (Å²) in [6.45, 7) is 8.41. The molecule has 1 saturated heterocycles. The molecule has 4 rings (SSSR count). The van der Waals surface area contributed by atoms with Crippen molar-refractivity contribution < 1.29 is 14.3 Å². The molecule has 6 nitrogen and oxygen atoms in total. The average molecular weight is 464 g/mol. The van der Waals surface area contributed by atoms with Crippen molar-refractivity contribution in [2.24, 2.45) is 0 Å². The van der Waals surface area contributed by atoms with E-state index in [2.05, 4.69) is 34.4 Å². The molecule has 0 bridgehead atoms. The number of amides is 1. The lowest BCUT2D eigenvalue weighted by Gasteiger charge is -2.32. The molecule has 0 unspecified atom stereocenters. The molecular weight excluding hydrogens is 426 g/mol. The Morgan fingerprint density at radius 3 is 2.62 bits per heavy atom. The predicted molar refractivity (Wildman–Crippen MR) is 138 cm³/mol. The summed E-state index contributed by atoms with van der Waals surface area (Å²) in [6, 6.07) is 13.2. The van der Waals surface area contributed by atoms with E-state index in [0.717, 1.165) is 30.7 Å². The van der Waals surface area contributed by atoms with Crippen LogP contribution in [0.25, 0.3) is 10.9 Å². The van der Waals surface area contributed by atoms with Crippen molar-refractivity contribution in [2.45, 2.75) is 58.3 Å². The Morgan fingerprint density at radius 2 is 1.85 bits per heavy atom. The zero-order valence-corrected chi connectivity index (χ0v) is 20.4. The first-order valence-corrected chi connectivity index (χ1v) is 12.7. The molecule has 6 heteroatoms. The van der Waals surface area contributed by atoms with Gasteiger partial charge in [0.05, 0.1) is 6.61 Å². The number of rotatable bonds is 10. The van der Waals surface area contributed by atoms with Gasteiger partial charge in [-0.3, -0.25) is 5.32 Å². The summed E-state index contributed by atoms with van der Waals surface area (Å²) in [6.07, 6.45) is 8.75. The van der Waals surface area contributed by atoms with Gasteiger partial charge in [0, 0.05) is 22.8 Å². The summed E-state index contributed by atoms with van der Waals surface area (Å²) in [5.41, 5.74) is 3.17. The zero-order valence-electron chi connectivity index (χ0n) is 20.4. The first kappa shape index (κ1) is 24.1. The second-order valence-electron chi connectivity index (χ2n) is 9.14. The number of ether oxygens (including phenoxy) is 2. The molecule has 0 aliphatic carbocycles. The van der Waals surface area contributed by atoms with Crippen LogP contribution < -0.4 is 14.8 Å². The highest BCUT2D eigenvalue weighted by Crippen LogP contribution is 2.34. The van der Waals surface area contributed by atoms with Crippen LogP contribution in [-0.2, 0) is 0 Å². The van der Waals surface area contributed by atoms with Gasteiger partial charge in [0.15, 0.2) is 11.5 Å². The first-order chi connectivity index (χ1) is 16.7. The van der Waals surface area contributed by atoms with Crippen LogP contribution >= 0.6 is 0 Å². The molecule has 0 radical (unpaired) electrons. The number of carbonyl (C=O) groups excluding carboxylic acids is 1. The van der Waals surface area contributed by atoms with Crippen LogP contribution in [-0.4, -0.2) is 42.2 Å². The number of nitrogens with zero attached hydrogens (tertiary/aromatic N) is 1. The Labute approximate surface area is 202 Å². The molecule has 2 heterocycles. The van der Waals surface area contributed by atoms with E-state index in [0.29, 0.717) is 24.0 Å². The van der Waals surface area contributed by atoms with Gasteiger partial charge in [-0.25, -0.2) is 4.79 Å². The van der Waals surface area contributed by atoms with Crippen molar-refractivity contribution in [2.75, 3.05) is 31.6 Å². The smallest absolute Gasteiger partial charge is 0.417 e. The van der Waals surface area contributed by atoms with Gasteiger partial charge in [-0.05, 0) is 87.1 Å². The van der Waals surface area contributed by atoms with Crippen molar-refractivity contribution in [1.82, 2.24) is 9.88 Å². The molecule has 0 spiro atoms. The predicted octanol–water partition coefficient (Wildman–Crippen LogP) is 6.94. The van der Waals surface area contributed by atoms with Crippen molar-refractivity contribution in [3.8, 4) is 11.5 Å². The molecule has 34 heavy (non-hydrogen) atoms. The van der Waals surface area contributed by atoms with Gasteiger partial charge in [0.2, 0.25) is 0 Å². The van der Waals surface area contributed by atoms with Gasteiger partial charge in [-0.2, -0.15) is 0 Å². The lowest BCUT2D eigenvalue weighted by Crippen LogP contribution is -2.33. The Balaban J connectivity index is 1.40. The number of hydrogen-bond acceptors (Lipinski definition) is 4. The lowest BCUT2D eigenvalue weighted by atomic mass is 9.89. The normalized spacial score (nSPS) is 14.9. The van der Waals surface area contributed by atoms with Gasteiger partial charge in [0.1, 0.15) is 0 Å². The van der Waals surface area contributed by atoms with Crippen LogP contribution in [0.1, 0.15) is 63.9 Å². The molecule has 1 aromatic heterocycles. The largest absolute Gasteiger partial charge is 0.490 e. The number of likely N-dealkylation sites (tertiary alicyclic amines) is 1. The number of aromatic nitrogens is 1. The maximum Gasteiger partial charge on any atom is 0.417 e. The third-order valence-electron chi connectivity index (χ3n) is 6.58. The van der Waals surface area contributed by atoms with Crippen molar-refractivity contribution in [1.29, 1.82) is 0 Å². The molecule has 2 aromatic carbocycles. The SMILES string of the molecule is CCCCCN1CCC(c2c[nH]c3ccc(NC(=O)Oc4ccccc4OCCC)cc23)CC1. The van der Waals surface area contributed by atoms with Gasteiger partial charge >= 0.3 is 6.09 Å². The molecule has 2 N–H and O–H groups in total. The molecule has 0 atom stereocenters. The lowest BCUT2D eigenvalue weighted by molar-refractivity contribution is 0.209. The van der Waals surface area contributed by atoms with E-state index in [1.54, 1.807) is 6.07 Å². The summed E-state index contributed by atoms with van der Waals surface area (Å²) >= 11 is 0. The van der Waals surface area contributed by atoms with Crippen molar-refractivity contribution in [3.05, 3.63) is 54.2 Å². The maximum absolute atomic E-state index is 12.6. The van der Waals surface area contributed by atoms with E-state index in [4.69, 9.17) is 9.47 Å². The quantitative estimate of drug-likeness (QED) is 0.320. The number of unbranched alkanes of at least 4 members (excludes halogenated alkanes) is 2. The highest BCUT2D eigenvalue weighted by atomic mass is 16.6. The number of piperidine rings is 1. The molecular formula is C28H37N3O3. The van der Waals surface area contributed by atoms with Crippen LogP contribution in [0.5, 0.6) is 11.5 Å². The minimum Gasteiger partial charge on any atom is -0.490 e. The summed E-state index contributed by atoms with van der Waals surface area (Å²) in [4.78, 5) is 18.6. The average Bonchev–Trinajstić information content (AvgIpc) is 3.27. The van der Waals surface area contributed by atoms with Gasteiger partial charge in [-0.1, -0.05) is 38.8 Å². The van der Waals surface area contributed by atoms with E-state index in [1.165, 1.54) is 49.6 Å². The molecule has 1 fully saturated rings. The number of H-pyrrole nitrogens is 1. The minimum absolute atomic E-state index is 0.419. The van der Waals surface area contributed by atoms with Gasteiger partial charge < -0.3 is 19.4 Å². The van der Waals surface area contributed by atoms with Crippen LogP contribution in [0.15, 0.2) is 48.7 Å². The molecule has 0 saturated carbocycles. The third kappa shape index (κ3) is 6.11. The van der Waals surface area contributed by atoms with E-state index >= 15 is 0 Å². The van der Waals surface area contributed by atoms with E-state index < -0.39 is 6.09 Å². The van der Waals surface area contributed by atoms with Crippen LogP contribution in [0, 0.1) is 0 Å². The molecule has 3 aromatic rings. The van der Waals surface area contributed by atoms with Crippen LogP contribution in [0.4, 0.5) is 10.5 Å². The number of para-hydroxylation sites is 2. The molecule has 182 valence electrons. The number of fused-ring (bicyclic) bond motifs is 1. The Hall–Kier alpha value is -2.99. The number of benzene rings is 2. The maximum atomic E-state index is 12.6. The third-order valence-corrected chi connectivity index (χ3v) is 6.58. The minimum atomic E-state index is -0.524. The number of carbonyl (C=O) groups is 1. The number of anilines is 1. The van der Waals surface area contributed by atoms with Crippen LogP contribution in [0.3, 0.4) is 0 Å². The first-order valence-electron chi connectivity index (χ1n) is 12.7. The zero-order chi connectivity index (χ0) is 23.8. The van der Waals surface area contributed by atoms with Crippen LogP contribution in [0.2, 0.25) is 0 Å². The highest BCUT2D eigenvalue weighted by molar-refractivity contribution is 5.92. The Bertz CT molecular complexity index is 1070. The Morgan fingerprint density at radius 1 is 1.06 bits per heavy atom.